The topological polar surface area (TPSA) is 44.0 Å². The average Bonchev–Trinajstić information content (AvgIpc) is 2.48. The molecule has 2 rings (SSSR count). The molecule has 0 aliphatic carbocycles. The van der Waals surface area contributed by atoms with Crippen LogP contribution in [0.15, 0.2) is 48.5 Å². The maximum absolute atomic E-state index is 10.8. The molecule has 0 amide bonds. The van der Waals surface area contributed by atoms with E-state index in [-0.39, 0.29) is 0 Å². The number of hydrogen-bond acceptors (Lipinski definition) is 2. The van der Waals surface area contributed by atoms with Gasteiger partial charge in [-0.05, 0) is 42.2 Å². The van der Waals surface area contributed by atoms with E-state index >= 15 is 0 Å². The third kappa shape index (κ3) is 2.89. The zero-order valence-corrected chi connectivity index (χ0v) is 11.9. The van der Waals surface area contributed by atoms with Crippen LogP contribution < -0.4 is 0 Å². The van der Waals surface area contributed by atoms with Crippen molar-refractivity contribution in [2.75, 3.05) is 0 Å². The van der Waals surface area contributed by atoms with Crippen molar-refractivity contribution in [2.24, 2.45) is 0 Å². The van der Waals surface area contributed by atoms with E-state index in [2.05, 4.69) is 25.1 Å². The first-order valence-electron chi connectivity index (χ1n) is 6.90. The molecule has 1 unspecified atom stereocenters. The Labute approximate surface area is 120 Å². The molecule has 20 heavy (non-hydrogen) atoms. The smallest absolute Gasteiger partial charge is 0.112 e. The monoisotopic (exact) mass is 265 g/mol. The minimum atomic E-state index is -1.04. The van der Waals surface area contributed by atoms with Crippen LogP contribution in [-0.4, -0.2) is 5.11 Å². The average molecular weight is 265 g/mol. The van der Waals surface area contributed by atoms with Gasteiger partial charge in [-0.15, -0.1) is 0 Å². The highest BCUT2D eigenvalue weighted by Gasteiger charge is 2.25. The number of aliphatic hydroxyl groups is 1. The number of benzene rings is 2. The molecule has 2 nitrogen and oxygen atoms in total. The van der Waals surface area contributed by atoms with Crippen molar-refractivity contribution in [1.29, 1.82) is 5.26 Å². The molecule has 0 aliphatic heterocycles. The van der Waals surface area contributed by atoms with E-state index in [0.717, 1.165) is 24.0 Å². The highest BCUT2D eigenvalue weighted by atomic mass is 16.3. The summed E-state index contributed by atoms with van der Waals surface area (Å²) in [7, 11) is 0. The second kappa shape index (κ2) is 5.90. The Bertz CT molecular complexity index is 621. The van der Waals surface area contributed by atoms with Gasteiger partial charge in [0.05, 0.1) is 11.6 Å². The van der Waals surface area contributed by atoms with Crippen molar-refractivity contribution in [3.63, 3.8) is 0 Å². The maximum Gasteiger partial charge on any atom is 0.112 e. The lowest BCUT2D eigenvalue weighted by Crippen LogP contribution is -2.22. The minimum Gasteiger partial charge on any atom is -0.381 e. The first-order valence-corrected chi connectivity index (χ1v) is 6.90. The third-order valence-corrected chi connectivity index (χ3v) is 3.60. The summed E-state index contributed by atoms with van der Waals surface area (Å²) < 4.78 is 0. The van der Waals surface area contributed by atoms with Crippen LogP contribution in [0.3, 0.4) is 0 Å². The predicted molar refractivity (Wildman–Crippen MR) is 80.3 cm³/mol. The minimum absolute atomic E-state index is 0.601. The molecule has 1 atom stereocenters. The van der Waals surface area contributed by atoms with Gasteiger partial charge in [-0.1, -0.05) is 49.7 Å². The summed E-state index contributed by atoms with van der Waals surface area (Å²) in [4.78, 5) is 0. The van der Waals surface area contributed by atoms with Crippen LogP contribution in [0.2, 0.25) is 0 Å². The van der Waals surface area contributed by atoms with Crippen LogP contribution >= 0.6 is 0 Å². The molecule has 2 aromatic rings. The van der Waals surface area contributed by atoms with Gasteiger partial charge in [0.25, 0.3) is 0 Å². The number of nitrogens with zero attached hydrogens (tertiary/aromatic N) is 1. The molecule has 2 heteroatoms. The number of rotatable bonds is 4. The lowest BCUT2D eigenvalue weighted by molar-refractivity contribution is 0.102. The molecule has 0 aromatic heterocycles. The number of nitriles is 1. The second-order valence-electron chi connectivity index (χ2n) is 5.21. The standard InChI is InChI=1S/C18H19NO/c1-3-5-14-6-4-7-17(12-14)18(2,20)16-10-8-15(13-19)9-11-16/h4,6-12,20H,3,5H2,1-2H3. The van der Waals surface area contributed by atoms with Crippen LogP contribution in [0.5, 0.6) is 0 Å². The van der Waals surface area contributed by atoms with Crippen molar-refractivity contribution in [3.8, 4) is 6.07 Å². The molecule has 0 bridgehead atoms. The van der Waals surface area contributed by atoms with Gasteiger partial charge < -0.3 is 5.11 Å². The van der Waals surface area contributed by atoms with Gasteiger partial charge in [0.1, 0.15) is 5.60 Å². The summed E-state index contributed by atoms with van der Waals surface area (Å²) in [5, 5.41) is 19.7. The van der Waals surface area contributed by atoms with E-state index in [1.807, 2.05) is 24.3 Å². The Balaban J connectivity index is 2.37. The number of aryl methyl sites for hydroxylation is 1. The van der Waals surface area contributed by atoms with Gasteiger partial charge >= 0.3 is 0 Å². The van der Waals surface area contributed by atoms with Crippen molar-refractivity contribution in [2.45, 2.75) is 32.3 Å². The van der Waals surface area contributed by atoms with E-state index in [9.17, 15) is 5.11 Å². The van der Waals surface area contributed by atoms with Crippen molar-refractivity contribution < 1.29 is 5.11 Å². The molecule has 1 N–H and O–H groups in total. The van der Waals surface area contributed by atoms with Gasteiger partial charge in [0, 0.05) is 0 Å². The Morgan fingerprint density at radius 3 is 2.40 bits per heavy atom. The van der Waals surface area contributed by atoms with Crippen LogP contribution in [0.25, 0.3) is 0 Å². The highest BCUT2D eigenvalue weighted by molar-refractivity contribution is 5.40. The Morgan fingerprint density at radius 2 is 1.80 bits per heavy atom. The second-order valence-corrected chi connectivity index (χ2v) is 5.21. The van der Waals surface area contributed by atoms with Gasteiger partial charge in [0.2, 0.25) is 0 Å². The van der Waals surface area contributed by atoms with Gasteiger partial charge in [-0.3, -0.25) is 0 Å². The molecule has 0 aliphatic rings. The normalized spacial score (nSPS) is 13.5. The van der Waals surface area contributed by atoms with Crippen LogP contribution in [0.4, 0.5) is 0 Å². The predicted octanol–water partition coefficient (Wildman–Crippen LogP) is 3.77. The van der Waals surface area contributed by atoms with E-state index in [1.165, 1.54) is 5.56 Å². The molecule has 0 fully saturated rings. The first kappa shape index (κ1) is 14.3. The molecule has 0 heterocycles. The number of hydrogen-bond donors (Lipinski definition) is 1. The summed E-state index contributed by atoms with van der Waals surface area (Å²) in [5.74, 6) is 0. The van der Waals surface area contributed by atoms with E-state index in [0.29, 0.717) is 5.56 Å². The van der Waals surface area contributed by atoms with Crippen LogP contribution in [0.1, 0.15) is 42.5 Å². The lowest BCUT2D eigenvalue weighted by Gasteiger charge is -2.25. The SMILES string of the molecule is CCCc1cccc(C(C)(O)c2ccc(C#N)cc2)c1. The maximum atomic E-state index is 10.8. The molecular formula is C18H19NO. The summed E-state index contributed by atoms with van der Waals surface area (Å²) in [6.07, 6.45) is 2.10. The zero-order valence-electron chi connectivity index (χ0n) is 11.9. The van der Waals surface area contributed by atoms with Crippen molar-refractivity contribution in [3.05, 3.63) is 70.8 Å². The Morgan fingerprint density at radius 1 is 1.10 bits per heavy atom. The fraction of sp³-hybridized carbons (Fsp3) is 0.278. The summed E-state index contributed by atoms with van der Waals surface area (Å²) >= 11 is 0. The Kier molecular flexibility index (Phi) is 4.22. The molecule has 0 spiro atoms. The van der Waals surface area contributed by atoms with Crippen molar-refractivity contribution in [1.82, 2.24) is 0 Å². The van der Waals surface area contributed by atoms with Crippen LogP contribution in [-0.2, 0) is 12.0 Å². The Hall–Kier alpha value is -2.11. The van der Waals surface area contributed by atoms with E-state index in [1.54, 1.807) is 19.1 Å². The first-order chi connectivity index (χ1) is 9.57. The third-order valence-electron chi connectivity index (χ3n) is 3.60. The van der Waals surface area contributed by atoms with Gasteiger partial charge in [-0.2, -0.15) is 5.26 Å². The van der Waals surface area contributed by atoms with Gasteiger partial charge in [-0.25, -0.2) is 0 Å². The van der Waals surface area contributed by atoms with E-state index < -0.39 is 5.60 Å². The molecule has 0 saturated carbocycles. The summed E-state index contributed by atoms with van der Waals surface area (Å²) in [6.45, 7) is 3.94. The van der Waals surface area contributed by atoms with Crippen LogP contribution in [0, 0.1) is 11.3 Å². The lowest BCUT2D eigenvalue weighted by atomic mass is 9.86. The summed E-state index contributed by atoms with van der Waals surface area (Å²) in [6, 6.07) is 17.3. The molecule has 0 saturated heterocycles. The largest absolute Gasteiger partial charge is 0.381 e. The van der Waals surface area contributed by atoms with E-state index in [4.69, 9.17) is 5.26 Å². The zero-order chi connectivity index (χ0) is 14.6. The molecular weight excluding hydrogens is 246 g/mol. The van der Waals surface area contributed by atoms with Gasteiger partial charge in [0.15, 0.2) is 0 Å². The van der Waals surface area contributed by atoms with Crippen molar-refractivity contribution >= 4 is 0 Å². The summed E-state index contributed by atoms with van der Waals surface area (Å²) in [5.41, 5.74) is 2.47. The highest BCUT2D eigenvalue weighted by Crippen LogP contribution is 2.29. The quantitative estimate of drug-likeness (QED) is 0.914. The molecule has 2 aromatic carbocycles. The molecule has 102 valence electrons. The molecule has 0 radical (unpaired) electrons. The fourth-order valence-electron chi connectivity index (χ4n) is 2.35. The fourth-order valence-corrected chi connectivity index (χ4v) is 2.35.